The first-order valence-electron chi connectivity index (χ1n) is 7.26. The van der Waals surface area contributed by atoms with Crippen molar-refractivity contribution < 1.29 is 19.5 Å². The molecule has 0 radical (unpaired) electrons. The summed E-state index contributed by atoms with van der Waals surface area (Å²) >= 11 is 0. The van der Waals surface area contributed by atoms with Crippen molar-refractivity contribution in [3.63, 3.8) is 0 Å². The summed E-state index contributed by atoms with van der Waals surface area (Å²) in [4.78, 5) is 41.1. The number of benzene rings is 1. The fourth-order valence-electron chi connectivity index (χ4n) is 2.68. The Hall–Kier alpha value is -3.28. The van der Waals surface area contributed by atoms with E-state index in [1.807, 2.05) is 0 Å². The van der Waals surface area contributed by atoms with Gasteiger partial charge in [-0.3, -0.25) is 19.4 Å². The first-order valence-corrected chi connectivity index (χ1v) is 7.26. The van der Waals surface area contributed by atoms with E-state index >= 15 is 0 Å². The number of rotatable bonds is 2. The molecule has 0 saturated carbocycles. The van der Waals surface area contributed by atoms with Crippen molar-refractivity contribution in [3.05, 3.63) is 59.4 Å². The number of amides is 2. The minimum atomic E-state index is -0.618. The average Bonchev–Trinajstić information content (AvgIpc) is 2.86. The molecular weight excluding hydrogens is 308 g/mol. The summed E-state index contributed by atoms with van der Waals surface area (Å²) < 4.78 is 0. The van der Waals surface area contributed by atoms with E-state index in [0.29, 0.717) is 22.4 Å². The van der Waals surface area contributed by atoms with Crippen molar-refractivity contribution in [1.82, 2.24) is 4.98 Å². The first-order chi connectivity index (χ1) is 11.4. The van der Waals surface area contributed by atoms with Crippen LogP contribution in [0.3, 0.4) is 0 Å². The van der Waals surface area contributed by atoms with Gasteiger partial charge in [0.15, 0.2) is 5.78 Å². The number of aliphatic hydroxyl groups is 1. The van der Waals surface area contributed by atoms with Gasteiger partial charge in [-0.15, -0.1) is 0 Å². The number of fused-ring (bicyclic) bond motifs is 1. The molecule has 6 nitrogen and oxygen atoms in total. The van der Waals surface area contributed by atoms with E-state index in [2.05, 4.69) is 4.98 Å². The monoisotopic (exact) mass is 322 g/mol. The van der Waals surface area contributed by atoms with Gasteiger partial charge < -0.3 is 5.11 Å². The molecule has 1 aromatic carbocycles. The Bertz CT molecular complexity index is 900. The molecule has 0 saturated heterocycles. The number of Topliss-reactive ketones (excluding diaryl/α,β-unsaturated/α-hetero) is 1. The van der Waals surface area contributed by atoms with Gasteiger partial charge in [-0.1, -0.05) is 0 Å². The van der Waals surface area contributed by atoms with Crippen molar-refractivity contribution in [2.45, 2.75) is 13.8 Å². The van der Waals surface area contributed by atoms with Crippen LogP contribution in [-0.2, 0) is 9.59 Å². The highest BCUT2D eigenvalue weighted by molar-refractivity contribution is 6.42. The number of hydrogen-bond acceptors (Lipinski definition) is 5. The van der Waals surface area contributed by atoms with Crippen molar-refractivity contribution in [3.8, 4) is 0 Å². The van der Waals surface area contributed by atoms with Crippen molar-refractivity contribution in [2.75, 3.05) is 4.90 Å². The standard InChI is InChI=1S/C18H14N2O4/c1-10(21)13-3-4-15-14(9-13)16(18(24)20(15)11(2)22)17(23)12-5-7-19-8-6-12/h3-9,23H,1-2H3/b17-16+. The van der Waals surface area contributed by atoms with Crippen LogP contribution < -0.4 is 4.90 Å². The van der Waals surface area contributed by atoms with Crippen LogP contribution in [0.25, 0.3) is 11.3 Å². The molecule has 2 aromatic rings. The molecule has 1 N–H and O–H groups in total. The molecule has 0 fully saturated rings. The molecule has 2 heterocycles. The van der Waals surface area contributed by atoms with Crippen LogP contribution in [0.15, 0.2) is 42.7 Å². The summed E-state index contributed by atoms with van der Waals surface area (Å²) in [5.41, 5.74) is 1.50. The topological polar surface area (TPSA) is 87.6 Å². The van der Waals surface area contributed by atoms with Gasteiger partial charge in [-0.25, -0.2) is 4.90 Å². The molecule has 3 rings (SSSR count). The number of nitrogens with zero attached hydrogens (tertiary/aromatic N) is 2. The number of imide groups is 1. The maximum Gasteiger partial charge on any atom is 0.269 e. The predicted octanol–water partition coefficient (Wildman–Crippen LogP) is 2.60. The minimum absolute atomic E-state index is 0.00509. The molecule has 0 bridgehead atoms. The largest absolute Gasteiger partial charge is 0.506 e. The van der Waals surface area contributed by atoms with E-state index in [4.69, 9.17) is 0 Å². The molecule has 0 atom stereocenters. The van der Waals surface area contributed by atoms with Gasteiger partial charge in [0, 0.05) is 36.0 Å². The third-order valence-electron chi connectivity index (χ3n) is 3.84. The molecule has 0 aliphatic carbocycles. The molecule has 6 heteroatoms. The Morgan fingerprint density at radius 3 is 2.29 bits per heavy atom. The number of carbonyl (C=O) groups is 3. The van der Waals surface area contributed by atoms with Gasteiger partial charge >= 0.3 is 0 Å². The fourth-order valence-corrected chi connectivity index (χ4v) is 2.68. The summed E-state index contributed by atoms with van der Waals surface area (Å²) in [7, 11) is 0. The van der Waals surface area contributed by atoms with Gasteiger partial charge in [0.1, 0.15) is 5.76 Å². The van der Waals surface area contributed by atoms with E-state index < -0.39 is 11.8 Å². The van der Waals surface area contributed by atoms with Crippen molar-refractivity contribution >= 4 is 34.6 Å². The van der Waals surface area contributed by atoms with Crippen LogP contribution in [0, 0.1) is 0 Å². The lowest BCUT2D eigenvalue weighted by Gasteiger charge is -2.12. The van der Waals surface area contributed by atoms with Crippen LogP contribution in [0.5, 0.6) is 0 Å². The Morgan fingerprint density at radius 2 is 1.71 bits per heavy atom. The molecule has 24 heavy (non-hydrogen) atoms. The molecule has 1 aliphatic heterocycles. The highest BCUT2D eigenvalue weighted by Gasteiger charge is 2.38. The quantitative estimate of drug-likeness (QED) is 0.521. The van der Waals surface area contributed by atoms with Crippen LogP contribution >= 0.6 is 0 Å². The SMILES string of the molecule is CC(=O)c1ccc2c(c1)/C(=C(\O)c1ccncc1)C(=O)N2C(C)=O. The molecule has 0 spiro atoms. The zero-order valence-electron chi connectivity index (χ0n) is 13.1. The van der Waals surface area contributed by atoms with Gasteiger partial charge in [-0.2, -0.15) is 0 Å². The molecular formula is C18H14N2O4. The van der Waals surface area contributed by atoms with E-state index in [-0.39, 0.29) is 17.1 Å². The number of aliphatic hydroxyl groups excluding tert-OH is 1. The van der Waals surface area contributed by atoms with Crippen LogP contribution in [0.4, 0.5) is 5.69 Å². The number of ketones is 1. The highest BCUT2D eigenvalue weighted by Crippen LogP contribution is 2.40. The number of carbonyl (C=O) groups excluding carboxylic acids is 3. The number of aromatic nitrogens is 1. The second kappa shape index (κ2) is 5.73. The van der Waals surface area contributed by atoms with E-state index in [9.17, 15) is 19.5 Å². The number of pyridine rings is 1. The second-order valence-electron chi connectivity index (χ2n) is 5.41. The average molecular weight is 322 g/mol. The smallest absolute Gasteiger partial charge is 0.269 e. The summed E-state index contributed by atoms with van der Waals surface area (Å²) in [6, 6.07) is 7.72. The normalized spacial score (nSPS) is 15.2. The maximum absolute atomic E-state index is 12.7. The number of hydrogen-bond donors (Lipinski definition) is 1. The van der Waals surface area contributed by atoms with E-state index in [1.54, 1.807) is 18.2 Å². The highest BCUT2D eigenvalue weighted by atomic mass is 16.3. The Morgan fingerprint density at radius 1 is 1.04 bits per heavy atom. The van der Waals surface area contributed by atoms with Gasteiger partial charge in [0.05, 0.1) is 11.3 Å². The lowest BCUT2D eigenvalue weighted by atomic mass is 9.99. The molecule has 0 unspecified atom stereocenters. The van der Waals surface area contributed by atoms with Crippen LogP contribution in [0.1, 0.15) is 35.3 Å². The zero-order chi connectivity index (χ0) is 17.4. The van der Waals surface area contributed by atoms with Crippen LogP contribution in [-0.4, -0.2) is 27.7 Å². The summed E-state index contributed by atoms with van der Waals surface area (Å²) in [5.74, 6) is -1.51. The summed E-state index contributed by atoms with van der Waals surface area (Å²) in [6.07, 6.45) is 2.97. The molecule has 2 amide bonds. The summed E-state index contributed by atoms with van der Waals surface area (Å²) in [6.45, 7) is 2.68. The third-order valence-corrected chi connectivity index (χ3v) is 3.84. The Kier molecular flexibility index (Phi) is 3.73. The molecule has 1 aromatic heterocycles. The van der Waals surface area contributed by atoms with Crippen molar-refractivity contribution in [2.24, 2.45) is 0 Å². The first kappa shape index (κ1) is 15.6. The van der Waals surface area contributed by atoms with E-state index in [1.165, 1.54) is 38.4 Å². The van der Waals surface area contributed by atoms with E-state index in [0.717, 1.165) is 4.90 Å². The molecule has 120 valence electrons. The Balaban J connectivity index is 2.29. The van der Waals surface area contributed by atoms with Gasteiger partial charge in [0.25, 0.3) is 5.91 Å². The van der Waals surface area contributed by atoms with Crippen LogP contribution in [0.2, 0.25) is 0 Å². The predicted molar refractivity (Wildman–Crippen MR) is 88.3 cm³/mol. The third kappa shape index (κ3) is 2.38. The lowest BCUT2D eigenvalue weighted by Crippen LogP contribution is -2.31. The molecule has 1 aliphatic rings. The Labute approximate surface area is 138 Å². The zero-order valence-corrected chi connectivity index (χ0v) is 13.1. The maximum atomic E-state index is 12.7. The lowest BCUT2D eigenvalue weighted by molar-refractivity contribution is -0.122. The van der Waals surface area contributed by atoms with Gasteiger partial charge in [-0.05, 0) is 37.3 Å². The summed E-state index contributed by atoms with van der Waals surface area (Å²) in [5, 5.41) is 10.6. The van der Waals surface area contributed by atoms with Gasteiger partial charge in [0.2, 0.25) is 5.91 Å². The fraction of sp³-hybridized carbons (Fsp3) is 0.111. The minimum Gasteiger partial charge on any atom is -0.506 e. The van der Waals surface area contributed by atoms with Crippen molar-refractivity contribution in [1.29, 1.82) is 0 Å². The number of anilines is 1. The second-order valence-corrected chi connectivity index (χ2v) is 5.41.